The molecule has 0 fully saturated rings. The van der Waals surface area contributed by atoms with Crippen molar-refractivity contribution >= 4 is 0 Å². The Morgan fingerprint density at radius 3 is 2.86 bits per heavy atom. The highest BCUT2D eigenvalue weighted by molar-refractivity contribution is 4.81. The molecule has 14 heavy (non-hydrogen) atoms. The second kappa shape index (κ2) is 4.76. The minimum atomic E-state index is -0.693. The van der Waals surface area contributed by atoms with E-state index in [0.29, 0.717) is 6.42 Å². The monoisotopic (exact) mass is 198 g/mol. The lowest BCUT2D eigenvalue weighted by Crippen LogP contribution is -2.38. The van der Waals surface area contributed by atoms with Gasteiger partial charge in [-0.2, -0.15) is 0 Å². The summed E-state index contributed by atoms with van der Waals surface area (Å²) in [6, 6.07) is 1.19. The highest BCUT2D eigenvalue weighted by atomic mass is 16.4. The van der Waals surface area contributed by atoms with Gasteiger partial charge in [0.05, 0.1) is 6.17 Å². The molecule has 1 heterocycles. The van der Waals surface area contributed by atoms with Crippen molar-refractivity contribution in [2.24, 2.45) is 5.73 Å². The quantitative estimate of drug-likeness (QED) is 0.761. The summed E-state index contributed by atoms with van der Waals surface area (Å²) < 4.78 is 5.51. The maximum Gasteiger partial charge on any atom is 0.423 e. The lowest BCUT2D eigenvalue weighted by atomic mass is 10.2. The van der Waals surface area contributed by atoms with Crippen LogP contribution >= 0.6 is 0 Å². The Balaban J connectivity index is 2.94. The third-order valence-corrected chi connectivity index (χ3v) is 2.00. The van der Waals surface area contributed by atoms with Gasteiger partial charge in [-0.05, 0) is 6.42 Å². The molecule has 2 N–H and O–H groups in total. The van der Waals surface area contributed by atoms with E-state index in [-0.39, 0.29) is 0 Å². The maximum absolute atomic E-state index is 11.3. The first-order valence-electron chi connectivity index (χ1n) is 4.62. The number of nitrogens with two attached hydrogens (primary N) is 1. The highest BCUT2D eigenvalue weighted by Crippen LogP contribution is 2.03. The lowest BCUT2D eigenvalue weighted by molar-refractivity contribution is 0.356. The Morgan fingerprint density at radius 2 is 2.29 bits per heavy atom. The first-order chi connectivity index (χ1) is 6.66. The van der Waals surface area contributed by atoms with Gasteiger partial charge in [0, 0.05) is 6.07 Å². The van der Waals surface area contributed by atoms with E-state index in [4.69, 9.17) is 5.73 Å². The topological polar surface area (TPSA) is 78.2 Å². The van der Waals surface area contributed by atoms with Crippen molar-refractivity contribution in [3.63, 3.8) is 0 Å². The fourth-order valence-corrected chi connectivity index (χ4v) is 1.22. The van der Waals surface area contributed by atoms with Crippen LogP contribution in [0.4, 0.5) is 0 Å². The van der Waals surface area contributed by atoms with Crippen LogP contribution in [-0.4, -0.2) is 4.57 Å². The molecule has 0 spiro atoms. The molecule has 0 aliphatic carbocycles. The van der Waals surface area contributed by atoms with Crippen LogP contribution < -0.4 is 17.0 Å². The Hall–Kier alpha value is -1.36. The van der Waals surface area contributed by atoms with Crippen molar-refractivity contribution in [2.45, 2.75) is 32.4 Å². The van der Waals surface area contributed by atoms with Crippen molar-refractivity contribution in [3.8, 4) is 0 Å². The summed E-state index contributed by atoms with van der Waals surface area (Å²) in [5, 5.41) is 0. The van der Waals surface area contributed by atoms with Crippen LogP contribution in [0.2, 0.25) is 0 Å². The standard InChI is InChI=1S/C9H14N2O3/c1-2-3-4-7(10)11-8(12)5-6-14-9(11)13/h5-7H,2-4,10H2,1H3. The summed E-state index contributed by atoms with van der Waals surface area (Å²) in [5.74, 6) is -0.693. The van der Waals surface area contributed by atoms with E-state index in [0.717, 1.165) is 23.7 Å². The number of unbranched alkanes of at least 4 members (excludes halogenated alkanes) is 1. The fourth-order valence-electron chi connectivity index (χ4n) is 1.22. The molecular formula is C9H14N2O3. The number of nitrogens with zero attached hydrogens (tertiary/aromatic N) is 1. The summed E-state index contributed by atoms with van der Waals surface area (Å²) in [6.07, 6.45) is 2.95. The van der Waals surface area contributed by atoms with E-state index in [1.165, 1.54) is 6.07 Å². The van der Waals surface area contributed by atoms with Crippen LogP contribution in [0.15, 0.2) is 26.3 Å². The van der Waals surface area contributed by atoms with E-state index in [1.807, 2.05) is 6.92 Å². The molecule has 0 amide bonds. The number of hydrogen-bond donors (Lipinski definition) is 1. The molecular weight excluding hydrogens is 184 g/mol. The van der Waals surface area contributed by atoms with Crippen LogP contribution in [0.3, 0.4) is 0 Å². The van der Waals surface area contributed by atoms with Crippen molar-refractivity contribution < 1.29 is 4.42 Å². The average molecular weight is 198 g/mol. The summed E-state index contributed by atoms with van der Waals surface area (Å²) in [7, 11) is 0. The second-order valence-electron chi connectivity index (χ2n) is 3.10. The Morgan fingerprint density at radius 1 is 1.57 bits per heavy atom. The second-order valence-corrected chi connectivity index (χ2v) is 3.10. The third kappa shape index (κ3) is 2.32. The van der Waals surface area contributed by atoms with Crippen LogP contribution in [0.1, 0.15) is 32.4 Å². The van der Waals surface area contributed by atoms with E-state index >= 15 is 0 Å². The fraction of sp³-hybridized carbons (Fsp3) is 0.556. The molecule has 0 radical (unpaired) electrons. The van der Waals surface area contributed by atoms with Gasteiger partial charge in [-0.15, -0.1) is 0 Å². The third-order valence-electron chi connectivity index (χ3n) is 2.00. The van der Waals surface area contributed by atoms with E-state index in [1.54, 1.807) is 0 Å². The first-order valence-corrected chi connectivity index (χ1v) is 4.62. The molecule has 1 atom stereocenters. The SMILES string of the molecule is CCCCC(N)n1c(=O)ccoc1=O. The number of rotatable bonds is 4. The van der Waals surface area contributed by atoms with Crippen molar-refractivity contribution in [1.29, 1.82) is 0 Å². The molecule has 0 saturated heterocycles. The Kier molecular flexibility index (Phi) is 3.64. The molecule has 5 nitrogen and oxygen atoms in total. The maximum atomic E-state index is 11.3. The molecule has 0 aromatic carbocycles. The normalized spacial score (nSPS) is 12.7. The van der Waals surface area contributed by atoms with Gasteiger partial charge in [0.15, 0.2) is 0 Å². The van der Waals surface area contributed by atoms with Crippen molar-refractivity contribution in [2.75, 3.05) is 0 Å². The first kappa shape index (κ1) is 10.7. The smallest absolute Gasteiger partial charge is 0.418 e. The van der Waals surface area contributed by atoms with Crippen LogP contribution in [0.25, 0.3) is 0 Å². The lowest BCUT2D eigenvalue weighted by Gasteiger charge is -2.11. The summed E-state index contributed by atoms with van der Waals surface area (Å²) >= 11 is 0. The van der Waals surface area contributed by atoms with Gasteiger partial charge in [-0.1, -0.05) is 19.8 Å². The van der Waals surface area contributed by atoms with Gasteiger partial charge in [-0.25, -0.2) is 9.36 Å². The molecule has 0 aliphatic heterocycles. The zero-order chi connectivity index (χ0) is 10.6. The number of aromatic nitrogens is 1. The predicted molar refractivity (Wildman–Crippen MR) is 52.0 cm³/mol. The van der Waals surface area contributed by atoms with Crippen molar-refractivity contribution in [1.82, 2.24) is 4.57 Å². The molecule has 5 heteroatoms. The van der Waals surface area contributed by atoms with Crippen molar-refractivity contribution in [3.05, 3.63) is 33.2 Å². The van der Waals surface area contributed by atoms with Gasteiger partial charge in [0.1, 0.15) is 6.26 Å². The molecule has 0 saturated carbocycles. The van der Waals surface area contributed by atoms with E-state index in [9.17, 15) is 9.59 Å². The molecule has 1 rings (SSSR count). The summed E-state index contributed by atoms with van der Waals surface area (Å²) in [5.41, 5.74) is 5.27. The van der Waals surface area contributed by atoms with Gasteiger partial charge in [-0.3, -0.25) is 4.79 Å². The van der Waals surface area contributed by atoms with Gasteiger partial charge in [0.25, 0.3) is 5.56 Å². The minimum Gasteiger partial charge on any atom is -0.418 e. The van der Waals surface area contributed by atoms with Crippen LogP contribution in [0.5, 0.6) is 0 Å². The summed E-state index contributed by atoms with van der Waals surface area (Å²) in [4.78, 5) is 22.4. The van der Waals surface area contributed by atoms with E-state index < -0.39 is 17.5 Å². The molecule has 0 bridgehead atoms. The van der Waals surface area contributed by atoms with E-state index in [2.05, 4.69) is 4.42 Å². The van der Waals surface area contributed by atoms with Gasteiger partial charge in [0.2, 0.25) is 0 Å². The van der Waals surface area contributed by atoms with Crippen LogP contribution in [-0.2, 0) is 0 Å². The van der Waals surface area contributed by atoms with Crippen LogP contribution in [0, 0.1) is 0 Å². The molecule has 1 aromatic heterocycles. The Bertz CT molecular complexity index is 365. The molecule has 1 unspecified atom stereocenters. The Labute approximate surface area is 81.2 Å². The minimum absolute atomic E-state index is 0.412. The average Bonchev–Trinajstić information content (AvgIpc) is 2.14. The molecule has 1 aromatic rings. The predicted octanol–water partition coefficient (Wildman–Crippen LogP) is 0.449. The zero-order valence-corrected chi connectivity index (χ0v) is 8.10. The zero-order valence-electron chi connectivity index (χ0n) is 8.10. The van der Waals surface area contributed by atoms with Gasteiger partial charge < -0.3 is 10.2 Å². The highest BCUT2D eigenvalue weighted by Gasteiger charge is 2.10. The van der Waals surface area contributed by atoms with Gasteiger partial charge >= 0.3 is 5.76 Å². The number of hydrogen-bond acceptors (Lipinski definition) is 4. The largest absolute Gasteiger partial charge is 0.423 e. The summed E-state index contributed by atoms with van der Waals surface area (Å²) in [6.45, 7) is 2.02. The molecule has 0 aliphatic rings. The molecule has 78 valence electrons.